The number of ether oxygens (including phenoxy) is 1. The van der Waals surface area contributed by atoms with Crippen molar-refractivity contribution in [2.24, 2.45) is 5.73 Å². The van der Waals surface area contributed by atoms with Crippen LogP contribution in [0.4, 0.5) is 0 Å². The SMILES string of the molecule is C=CC(C)(CCC=C(C)C)OC(=O)c1ccccc1C(N)=O. The fourth-order valence-electron chi connectivity index (χ4n) is 1.98. The molecular formula is C18H23NO3. The van der Waals surface area contributed by atoms with Gasteiger partial charge in [-0.1, -0.05) is 30.4 Å². The van der Waals surface area contributed by atoms with Crippen LogP contribution >= 0.6 is 0 Å². The first kappa shape index (κ1) is 17.7. The van der Waals surface area contributed by atoms with Gasteiger partial charge in [-0.3, -0.25) is 4.79 Å². The van der Waals surface area contributed by atoms with Gasteiger partial charge < -0.3 is 10.5 Å². The predicted molar refractivity (Wildman–Crippen MR) is 87.6 cm³/mol. The Morgan fingerprint density at radius 3 is 2.36 bits per heavy atom. The van der Waals surface area contributed by atoms with E-state index in [1.54, 1.807) is 25.1 Å². The maximum Gasteiger partial charge on any atom is 0.339 e. The summed E-state index contributed by atoms with van der Waals surface area (Å²) in [6, 6.07) is 6.35. The van der Waals surface area contributed by atoms with Gasteiger partial charge in [0.05, 0.1) is 11.1 Å². The van der Waals surface area contributed by atoms with Crippen molar-refractivity contribution < 1.29 is 14.3 Å². The molecule has 1 unspecified atom stereocenters. The molecule has 0 radical (unpaired) electrons. The number of hydrogen-bond donors (Lipinski definition) is 1. The van der Waals surface area contributed by atoms with Crippen LogP contribution in [0.3, 0.4) is 0 Å². The third-order valence-electron chi connectivity index (χ3n) is 3.36. The number of rotatable bonds is 7. The predicted octanol–water partition coefficient (Wildman–Crippen LogP) is 3.63. The summed E-state index contributed by atoms with van der Waals surface area (Å²) in [5, 5.41) is 0. The van der Waals surface area contributed by atoms with Gasteiger partial charge in [-0.2, -0.15) is 0 Å². The van der Waals surface area contributed by atoms with Gasteiger partial charge in [0.1, 0.15) is 5.60 Å². The highest BCUT2D eigenvalue weighted by Gasteiger charge is 2.27. The molecule has 0 bridgehead atoms. The van der Waals surface area contributed by atoms with E-state index in [0.717, 1.165) is 6.42 Å². The number of benzene rings is 1. The first-order valence-electron chi connectivity index (χ1n) is 7.18. The summed E-state index contributed by atoms with van der Waals surface area (Å²) >= 11 is 0. The number of carbonyl (C=O) groups is 2. The van der Waals surface area contributed by atoms with E-state index in [1.165, 1.54) is 17.7 Å². The van der Waals surface area contributed by atoms with E-state index in [2.05, 4.69) is 12.7 Å². The maximum atomic E-state index is 12.3. The number of amides is 1. The molecule has 4 heteroatoms. The van der Waals surface area contributed by atoms with Crippen LogP contribution in [0.1, 0.15) is 54.3 Å². The van der Waals surface area contributed by atoms with Crippen LogP contribution in [0.2, 0.25) is 0 Å². The summed E-state index contributed by atoms with van der Waals surface area (Å²) in [7, 11) is 0. The van der Waals surface area contributed by atoms with Crippen LogP contribution in [0.15, 0.2) is 48.6 Å². The number of nitrogens with two attached hydrogens (primary N) is 1. The molecule has 22 heavy (non-hydrogen) atoms. The van der Waals surface area contributed by atoms with Crippen LogP contribution in [-0.4, -0.2) is 17.5 Å². The molecule has 0 aliphatic heterocycles. The first-order valence-corrected chi connectivity index (χ1v) is 7.18. The highest BCUT2D eigenvalue weighted by molar-refractivity contribution is 6.04. The fraction of sp³-hybridized carbons (Fsp3) is 0.333. The number of hydrogen-bond acceptors (Lipinski definition) is 3. The van der Waals surface area contributed by atoms with Crippen molar-refractivity contribution in [2.75, 3.05) is 0 Å². The first-order chi connectivity index (χ1) is 10.3. The zero-order chi connectivity index (χ0) is 16.8. The van der Waals surface area contributed by atoms with E-state index < -0.39 is 17.5 Å². The zero-order valence-corrected chi connectivity index (χ0v) is 13.4. The molecule has 0 heterocycles. The Labute approximate surface area is 131 Å². The Morgan fingerprint density at radius 1 is 1.27 bits per heavy atom. The second-order valence-corrected chi connectivity index (χ2v) is 5.64. The minimum Gasteiger partial charge on any atom is -0.452 e. The van der Waals surface area contributed by atoms with Gasteiger partial charge in [-0.05, 0) is 51.8 Å². The lowest BCUT2D eigenvalue weighted by Crippen LogP contribution is -2.30. The van der Waals surface area contributed by atoms with Crippen molar-refractivity contribution in [3.8, 4) is 0 Å². The Kier molecular flexibility index (Phi) is 6.11. The molecule has 4 nitrogen and oxygen atoms in total. The molecule has 0 saturated heterocycles. The standard InChI is InChI=1S/C18H23NO3/c1-5-18(4,12-8-9-13(2)3)22-17(21)15-11-7-6-10-14(15)16(19)20/h5-7,9-11H,1,8,12H2,2-4H3,(H2,19,20). The van der Waals surface area contributed by atoms with Crippen LogP contribution < -0.4 is 5.73 Å². The van der Waals surface area contributed by atoms with Gasteiger partial charge in [-0.25, -0.2) is 4.79 Å². The van der Waals surface area contributed by atoms with E-state index in [0.29, 0.717) is 6.42 Å². The molecule has 2 N–H and O–H groups in total. The van der Waals surface area contributed by atoms with Crippen molar-refractivity contribution >= 4 is 11.9 Å². The Bertz CT molecular complexity index is 600. The molecule has 0 saturated carbocycles. The third kappa shape index (κ3) is 4.88. The Hall–Kier alpha value is -2.36. The van der Waals surface area contributed by atoms with Crippen LogP contribution in [0.25, 0.3) is 0 Å². The van der Waals surface area contributed by atoms with Gasteiger partial charge in [0.2, 0.25) is 5.91 Å². The zero-order valence-electron chi connectivity index (χ0n) is 13.4. The topological polar surface area (TPSA) is 69.4 Å². The second-order valence-electron chi connectivity index (χ2n) is 5.64. The smallest absolute Gasteiger partial charge is 0.339 e. The van der Waals surface area contributed by atoms with Gasteiger partial charge >= 0.3 is 5.97 Å². The van der Waals surface area contributed by atoms with E-state index >= 15 is 0 Å². The third-order valence-corrected chi connectivity index (χ3v) is 3.36. The molecule has 0 aliphatic rings. The molecule has 0 aliphatic carbocycles. The molecule has 0 spiro atoms. The summed E-state index contributed by atoms with van der Waals surface area (Å²) in [5.74, 6) is -1.23. The van der Waals surface area contributed by atoms with E-state index in [-0.39, 0.29) is 11.1 Å². The van der Waals surface area contributed by atoms with E-state index in [1.807, 2.05) is 13.8 Å². The van der Waals surface area contributed by atoms with Crippen LogP contribution in [0.5, 0.6) is 0 Å². The summed E-state index contributed by atoms with van der Waals surface area (Å²) in [6.45, 7) is 9.57. The molecule has 1 amide bonds. The minimum atomic E-state index is -0.798. The van der Waals surface area contributed by atoms with E-state index in [4.69, 9.17) is 10.5 Å². The normalized spacial score (nSPS) is 12.9. The average Bonchev–Trinajstić information content (AvgIpc) is 2.46. The number of carbonyl (C=O) groups excluding carboxylic acids is 2. The van der Waals surface area contributed by atoms with Gasteiger partial charge in [-0.15, -0.1) is 0 Å². The second kappa shape index (κ2) is 7.59. The van der Waals surface area contributed by atoms with Crippen molar-refractivity contribution in [1.29, 1.82) is 0 Å². The summed E-state index contributed by atoms with van der Waals surface area (Å²) in [5.41, 5.74) is 6.02. The highest BCUT2D eigenvalue weighted by Crippen LogP contribution is 2.23. The highest BCUT2D eigenvalue weighted by atomic mass is 16.6. The summed E-state index contributed by atoms with van der Waals surface area (Å²) in [4.78, 5) is 23.7. The number of esters is 1. The molecule has 1 aromatic carbocycles. The maximum absolute atomic E-state index is 12.3. The lowest BCUT2D eigenvalue weighted by Gasteiger charge is -2.26. The van der Waals surface area contributed by atoms with Gasteiger partial charge in [0, 0.05) is 0 Å². The summed E-state index contributed by atoms with van der Waals surface area (Å²) < 4.78 is 5.55. The van der Waals surface area contributed by atoms with E-state index in [9.17, 15) is 9.59 Å². The van der Waals surface area contributed by atoms with Crippen molar-refractivity contribution in [3.63, 3.8) is 0 Å². The monoisotopic (exact) mass is 301 g/mol. The lowest BCUT2D eigenvalue weighted by molar-refractivity contribution is 0.00817. The Morgan fingerprint density at radius 2 is 1.86 bits per heavy atom. The molecular weight excluding hydrogens is 278 g/mol. The lowest BCUT2D eigenvalue weighted by atomic mass is 9.98. The van der Waals surface area contributed by atoms with Crippen LogP contribution in [0, 0.1) is 0 Å². The van der Waals surface area contributed by atoms with Crippen molar-refractivity contribution in [1.82, 2.24) is 0 Å². The van der Waals surface area contributed by atoms with Crippen LogP contribution in [-0.2, 0) is 4.74 Å². The fourth-order valence-corrected chi connectivity index (χ4v) is 1.98. The molecule has 118 valence electrons. The number of primary amides is 1. The quantitative estimate of drug-likeness (QED) is 0.617. The Balaban J connectivity index is 2.92. The molecule has 0 fully saturated rings. The minimum absolute atomic E-state index is 0.156. The number of allylic oxidation sites excluding steroid dienone is 2. The van der Waals surface area contributed by atoms with Crippen molar-refractivity contribution in [3.05, 3.63) is 59.7 Å². The summed E-state index contributed by atoms with van der Waals surface area (Å²) in [6.07, 6.45) is 5.07. The molecule has 0 aromatic heterocycles. The molecule has 1 aromatic rings. The molecule has 1 atom stereocenters. The molecule has 1 rings (SSSR count). The van der Waals surface area contributed by atoms with Gasteiger partial charge in [0.25, 0.3) is 0 Å². The average molecular weight is 301 g/mol. The largest absolute Gasteiger partial charge is 0.452 e. The van der Waals surface area contributed by atoms with Crippen molar-refractivity contribution in [2.45, 2.75) is 39.2 Å². The van der Waals surface area contributed by atoms with Gasteiger partial charge in [0.15, 0.2) is 0 Å².